The minimum Gasteiger partial charge on any atom is -0.490 e. The van der Waals surface area contributed by atoms with Gasteiger partial charge in [-0.3, -0.25) is 0 Å². The van der Waals surface area contributed by atoms with Gasteiger partial charge in [0.15, 0.2) is 0 Å². The number of aromatic nitrogens is 4. The molecule has 150 valence electrons. The van der Waals surface area contributed by atoms with Crippen LogP contribution in [0, 0.1) is 0 Å². The Labute approximate surface area is 166 Å². The van der Waals surface area contributed by atoms with E-state index in [1.54, 1.807) is 6.07 Å². The van der Waals surface area contributed by atoms with Crippen molar-refractivity contribution in [3.63, 3.8) is 0 Å². The Morgan fingerprint density at radius 1 is 1.34 bits per heavy atom. The summed E-state index contributed by atoms with van der Waals surface area (Å²) in [5.74, 6) is 1.23. The number of hydrogen-bond acceptors (Lipinski definition) is 6. The molecule has 0 amide bonds. The van der Waals surface area contributed by atoms with Gasteiger partial charge >= 0.3 is 5.69 Å². The van der Waals surface area contributed by atoms with Gasteiger partial charge in [0.05, 0.1) is 30.8 Å². The number of ether oxygens (including phenoxy) is 1. The summed E-state index contributed by atoms with van der Waals surface area (Å²) in [6.45, 7) is 1.48. The van der Waals surface area contributed by atoms with Gasteiger partial charge in [0, 0.05) is 19.2 Å². The second kappa shape index (κ2) is 7.88. The number of fused-ring (bicyclic) bond motifs is 1. The van der Waals surface area contributed by atoms with Gasteiger partial charge in [-0.05, 0) is 29.8 Å². The number of rotatable bonds is 5. The lowest BCUT2D eigenvalue weighted by molar-refractivity contribution is 0.311. The fourth-order valence-corrected chi connectivity index (χ4v) is 3.17. The molecular weight excluding hydrogens is 375 g/mol. The molecule has 1 aromatic carbocycles. The molecule has 3 aromatic rings. The molecule has 0 fully saturated rings. The number of benzene rings is 1. The highest BCUT2D eigenvalue weighted by molar-refractivity contribution is 5.70. The van der Waals surface area contributed by atoms with Crippen LogP contribution in [0.2, 0.25) is 0 Å². The van der Waals surface area contributed by atoms with Crippen molar-refractivity contribution < 1.29 is 9.13 Å². The van der Waals surface area contributed by atoms with E-state index in [1.807, 2.05) is 37.4 Å². The van der Waals surface area contributed by atoms with Crippen LogP contribution in [0.5, 0.6) is 5.75 Å². The van der Waals surface area contributed by atoms with Crippen molar-refractivity contribution in [3.05, 3.63) is 65.1 Å². The number of hydrogen-bond donors (Lipinski definition) is 1. The van der Waals surface area contributed by atoms with E-state index in [1.165, 1.54) is 10.9 Å². The smallest absolute Gasteiger partial charge is 0.351 e. The molecule has 0 saturated carbocycles. The minimum absolute atomic E-state index is 0.00575. The molecule has 2 N–H and O–H groups in total. The van der Waals surface area contributed by atoms with E-state index in [0.717, 1.165) is 28.2 Å². The molecule has 0 saturated heterocycles. The van der Waals surface area contributed by atoms with Crippen molar-refractivity contribution in [2.24, 2.45) is 5.73 Å². The fraction of sp³-hybridized carbons (Fsp3) is 0.250. The first-order valence-electron chi connectivity index (χ1n) is 9.19. The van der Waals surface area contributed by atoms with Gasteiger partial charge in [-0.25, -0.2) is 23.4 Å². The first-order chi connectivity index (χ1) is 14.1. The van der Waals surface area contributed by atoms with E-state index in [0.29, 0.717) is 24.4 Å². The number of anilines is 1. The predicted octanol–water partition coefficient (Wildman–Crippen LogP) is 1.74. The lowest BCUT2D eigenvalue weighted by Gasteiger charge is -2.27. The summed E-state index contributed by atoms with van der Waals surface area (Å²) in [7, 11) is 2.03. The quantitative estimate of drug-likeness (QED) is 0.706. The van der Waals surface area contributed by atoms with E-state index in [2.05, 4.69) is 15.0 Å². The lowest BCUT2D eigenvalue weighted by atomic mass is 10.1. The summed E-state index contributed by atoms with van der Waals surface area (Å²) in [5.41, 5.74) is 7.93. The highest BCUT2D eigenvalue weighted by atomic mass is 19.1. The molecule has 0 atom stereocenters. The lowest BCUT2D eigenvalue weighted by Crippen LogP contribution is -2.28. The van der Waals surface area contributed by atoms with Crippen LogP contribution in [-0.4, -0.2) is 46.1 Å². The Morgan fingerprint density at radius 2 is 2.21 bits per heavy atom. The largest absolute Gasteiger partial charge is 0.490 e. The summed E-state index contributed by atoms with van der Waals surface area (Å²) < 4.78 is 21.0. The molecule has 29 heavy (non-hydrogen) atoms. The zero-order valence-electron chi connectivity index (χ0n) is 16.0. The Kier molecular flexibility index (Phi) is 5.13. The van der Waals surface area contributed by atoms with Gasteiger partial charge in [-0.2, -0.15) is 5.10 Å². The maximum absolute atomic E-state index is 12.8. The zero-order chi connectivity index (χ0) is 20.4. The van der Waals surface area contributed by atoms with Crippen LogP contribution in [0.3, 0.4) is 0 Å². The summed E-state index contributed by atoms with van der Waals surface area (Å²) in [5, 5.41) is 4.03. The number of likely N-dealkylation sites (N-methyl/N-ethyl adjacent to an activating group) is 1. The molecule has 0 bridgehead atoms. The highest BCUT2D eigenvalue weighted by Crippen LogP contribution is 2.34. The first-order valence-corrected chi connectivity index (χ1v) is 9.19. The Morgan fingerprint density at radius 3 is 3.00 bits per heavy atom. The maximum Gasteiger partial charge on any atom is 0.351 e. The molecule has 0 radical (unpaired) electrons. The second-order valence-electron chi connectivity index (χ2n) is 6.75. The molecule has 3 heterocycles. The molecule has 0 aliphatic carbocycles. The third-order valence-electron chi connectivity index (χ3n) is 4.84. The van der Waals surface area contributed by atoms with E-state index >= 15 is 0 Å². The molecular formula is C20H21FN6O2. The SMILES string of the molecule is CN1CCOc2cc(-c3cccc(-n4cnn(C/C(=C/F)CN)c4=O)n3)ccc21. The summed E-state index contributed by atoms with van der Waals surface area (Å²) >= 11 is 0. The van der Waals surface area contributed by atoms with Gasteiger partial charge in [-0.1, -0.05) is 12.1 Å². The minimum atomic E-state index is -0.419. The average molecular weight is 396 g/mol. The standard InChI is InChI=1S/C20H21FN6O2/c1-25-7-8-29-18-9-15(5-6-17(18)25)16-3-2-4-19(24-16)26-13-23-27(20(26)28)12-14(10-21)11-22/h2-6,9-10,13H,7-8,11-12,22H2,1H3/b14-10+. The number of nitrogens with zero attached hydrogens (tertiary/aromatic N) is 5. The van der Waals surface area contributed by atoms with E-state index < -0.39 is 5.69 Å². The molecule has 1 aliphatic heterocycles. The van der Waals surface area contributed by atoms with E-state index in [9.17, 15) is 9.18 Å². The molecule has 8 nitrogen and oxygen atoms in total. The Hall–Kier alpha value is -3.46. The third kappa shape index (κ3) is 3.64. The molecule has 9 heteroatoms. The van der Waals surface area contributed by atoms with E-state index in [-0.39, 0.29) is 18.7 Å². The topological polar surface area (TPSA) is 91.2 Å². The van der Waals surface area contributed by atoms with Gasteiger partial charge in [0.25, 0.3) is 0 Å². The van der Waals surface area contributed by atoms with Crippen LogP contribution in [0.4, 0.5) is 10.1 Å². The van der Waals surface area contributed by atoms with Crippen LogP contribution < -0.4 is 21.1 Å². The van der Waals surface area contributed by atoms with Gasteiger partial charge < -0.3 is 15.4 Å². The molecule has 0 spiro atoms. The number of pyridine rings is 1. The molecule has 2 aromatic heterocycles. The average Bonchev–Trinajstić information content (AvgIpc) is 3.12. The maximum atomic E-state index is 12.8. The zero-order valence-corrected chi connectivity index (χ0v) is 16.0. The van der Waals surface area contributed by atoms with Gasteiger partial charge in [0.2, 0.25) is 0 Å². The monoisotopic (exact) mass is 396 g/mol. The van der Waals surface area contributed by atoms with Gasteiger partial charge in [-0.15, -0.1) is 0 Å². The van der Waals surface area contributed by atoms with Crippen LogP contribution in [0.15, 0.2) is 59.4 Å². The summed E-state index contributed by atoms with van der Waals surface area (Å²) in [4.78, 5) is 19.4. The van der Waals surface area contributed by atoms with Crippen molar-refractivity contribution in [1.82, 2.24) is 19.3 Å². The molecule has 1 aliphatic rings. The molecule has 0 unspecified atom stereocenters. The van der Waals surface area contributed by atoms with Crippen molar-refractivity contribution in [1.29, 1.82) is 0 Å². The normalized spacial score (nSPS) is 13.9. The second-order valence-corrected chi connectivity index (χ2v) is 6.75. The Balaban J connectivity index is 1.67. The number of nitrogens with two attached hydrogens (primary N) is 1. The summed E-state index contributed by atoms with van der Waals surface area (Å²) in [6.07, 6.45) is 1.77. The summed E-state index contributed by atoms with van der Waals surface area (Å²) in [6, 6.07) is 11.3. The molecule has 4 rings (SSSR count). The van der Waals surface area contributed by atoms with Crippen molar-refractivity contribution >= 4 is 5.69 Å². The van der Waals surface area contributed by atoms with Gasteiger partial charge in [0.1, 0.15) is 24.5 Å². The Bertz CT molecular complexity index is 1120. The first kappa shape index (κ1) is 18.9. The number of halogens is 1. The van der Waals surface area contributed by atoms with Crippen LogP contribution in [0.1, 0.15) is 0 Å². The van der Waals surface area contributed by atoms with E-state index in [4.69, 9.17) is 10.5 Å². The predicted molar refractivity (Wildman–Crippen MR) is 108 cm³/mol. The third-order valence-corrected chi connectivity index (χ3v) is 4.84. The van der Waals surface area contributed by atoms with Crippen LogP contribution in [0.25, 0.3) is 17.1 Å². The highest BCUT2D eigenvalue weighted by Gasteiger charge is 2.16. The van der Waals surface area contributed by atoms with Crippen LogP contribution >= 0.6 is 0 Å². The van der Waals surface area contributed by atoms with Crippen molar-refractivity contribution in [3.8, 4) is 22.8 Å². The van der Waals surface area contributed by atoms with Crippen LogP contribution in [-0.2, 0) is 6.54 Å². The fourth-order valence-electron chi connectivity index (χ4n) is 3.17. The van der Waals surface area contributed by atoms with Crippen molar-refractivity contribution in [2.75, 3.05) is 31.6 Å². The van der Waals surface area contributed by atoms with Crippen molar-refractivity contribution in [2.45, 2.75) is 6.54 Å².